The minimum Gasteiger partial charge on any atom is -0.496 e. The van der Waals surface area contributed by atoms with Crippen LogP contribution in [-0.4, -0.2) is 39.3 Å². The largest absolute Gasteiger partial charge is 0.496 e. The third kappa shape index (κ3) is 5.31. The first kappa shape index (κ1) is 27.8. The summed E-state index contributed by atoms with van der Waals surface area (Å²) in [6, 6.07) is 18.0. The molecule has 0 radical (unpaired) electrons. The van der Waals surface area contributed by atoms with Crippen LogP contribution in [0.4, 0.5) is 15.9 Å². The van der Waals surface area contributed by atoms with Gasteiger partial charge in [0.2, 0.25) is 0 Å². The number of aromatic nitrogens is 3. The summed E-state index contributed by atoms with van der Waals surface area (Å²) in [5.74, 6) is 0.847. The number of nitrogens with zero attached hydrogens (tertiary/aromatic N) is 3. The van der Waals surface area contributed by atoms with Crippen LogP contribution in [0.2, 0.25) is 0 Å². The van der Waals surface area contributed by atoms with Gasteiger partial charge < -0.3 is 20.5 Å². The van der Waals surface area contributed by atoms with Crippen LogP contribution >= 0.6 is 0 Å². The second-order valence-corrected chi connectivity index (χ2v) is 10.8. The van der Waals surface area contributed by atoms with Crippen molar-refractivity contribution in [1.29, 1.82) is 0 Å². The highest BCUT2D eigenvalue weighted by Gasteiger charge is 2.26. The molecule has 1 aliphatic rings. The molecule has 0 unspecified atom stereocenters. The maximum atomic E-state index is 15.9. The van der Waals surface area contributed by atoms with E-state index in [1.807, 2.05) is 43.3 Å². The van der Waals surface area contributed by atoms with E-state index >= 15 is 4.39 Å². The molecule has 0 amide bonds. The van der Waals surface area contributed by atoms with Gasteiger partial charge in [0.1, 0.15) is 17.1 Å². The Labute approximate surface area is 244 Å². The van der Waals surface area contributed by atoms with E-state index in [2.05, 4.69) is 50.7 Å². The van der Waals surface area contributed by atoms with E-state index < -0.39 is 6.10 Å². The van der Waals surface area contributed by atoms with E-state index in [-0.39, 0.29) is 11.9 Å². The molecule has 0 aliphatic heterocycles. The number of hydrogen-bond donors (Lipinski definition) is 3. The van der Waals surface area contributed by atoms with Gasteiger partial charge in [0.15, 0.2) is 5.82 Å². The van der Waals surface area contributed by atoms with Gasteiger partial charge in [0.05, 0.1) is 18.7 Å². The summed E-state index contributed by atoms with van der Waals surface area (Å²) in [5, 5.41) is 16.9. The Morgan fingerprint density at radius 2 is 1.71 bits per heavy atom. The Hall–Kier alpha value is -4.40. The Morgan fingerprint density at radius 3 is 2.52 bits per heavy atom. The predicted molar refractivity (Wildman–Crippen MR) is 164 cm³/mol. The first-order valence-corrected chi connectivity index (χ1v) is 14.2. The number of aliphatic hydroxyl groups excluding tert-OH is 1. The SMILES string of the molecule is COc1cc(-c2cccc(-c3cccc(Nc4nccc5nccnc45)c3)c2C)c(C)c(F)c1CN[C@@H]1CCC[C@@H]1O. The lowest BCUT2D eigenvalue weighted by atomic mass is 9.89. The van der Waals surface area contributed by atoms with Gasteiger partial charge >= 0.3 is 0 Å². The Morgan fingerprint density at radius 1 is 0.905 bits per heavy atom. The van der Waals surface area contributed by atoms with Crippen molar-refractivity contribution in [2.45, 2.75) is 51.8 Å². The molecule has 3 aromatic carbocycles. The fraction of sp³-hybridized carbons (Fsp3) is 0.265. The van der Waals surface area contributed by atoms with Crippen LogP contribution in [0.15, 0.2) is 73.2 Å². The molecular weight excluding hydrogens is 529 g/mol. The summed E-state index contributed by atoms with van der Waals surface area (Å²) < 4.78 is 21.6. The normalized spacial score (nSPS) is 16.6. The Bertz CT molecular complexity index is 1750. The van der Waals surface area contributed by atoms with Crippen LogP contribution < -0.4 is 15.4 Å². The molecule has 8 heteroatoms. The molecule has 2 atom stereocenters. The zero-order valence-corrected chi connectivity index (χ0v) is 24.0. The maximum absolute atomic E-state index is 15.9. The summed E-state index contributed by atoms with van der Waals surface area (Å²) in [5.41, 5.74) is 8.23. The molecule has 2 aromatic heterocycles. The van der Waals surface area contributed by atoms with Crippen molar-refractivity contribution in [3.05, 3.63) is 95.7 Å². The molecule has 0 bridgehead atoms. The average molecular weight is 564 g/mol. The van der Waals surface area contributed by atoms with Crippen molar-refractivity contribution in [1.82, 2.24) is 20.3 Å². The summed E-state index contributed by atoms with van der Waals surface area (Å²) in [4.78, 5) is 13.3. The lowest BCUT2D eigenvalue weighted by molar-refractivity contribution is 0.148. The minimum atomic E-state index is -0.393. The number of methoxy groups -OCH3 is 1. The maximum Gasteiger partial charge on any atom is 0.158 e. The third-order valence-electron chi connectivity index (χ3n) is 8.26. The molecule has 1 saturated carbocycles. The first-order valence-electron chi connectivity index (χ1n) is 14.2. The van der Waals surface area contributed by atoms with Gasteiger partial charge in [0, 0.05) is 42.4 Å². The van der Waals surface area contributed by atoms with Gasteiger partial charge in [-0.1, -0.05) is 30.3 Å². The number of fused-ring (bicyclic) bond motifs is 1. The second kappa shape index (κ2) is 11.8. The fourth-order valence-corrected chi connectivity index (χ4v) is 5.95. The predicted octanol–water partition coefficient (Wildman–Crippen LogP) is 6.87. The number of aliphatic hydroxyl groups is 1. The van der Waals surface area contributed by atoms with Crippen molar-refractivity contribution in [2.24, 2.45) is 0 Å². The molecule has 42 heavy (non-hydrogen) atoms. The number of hydrogen-bond acceptors (Lipinski definition) is 7. The zero-order chi connectivity index (χ0) is 29.2. The minimum absolute atomic E-state index is 0.0254. The highest BCUT2D eigenvalue weighted by atomic mass is 19.1. The lowest BCUT2D eigenvalue weighted by Gasteiger charge is -2.21. The zero-order valence-electron chi connectivity index (χ0n) is 24.0. The summed E-state index contributed by atoms with van der Waals surface area (Å²) in [6.45, 7) is 4.18. The van der Waals surface area contributed by atoms with Crippen LogP contribution in [0.5, 0.6) is 5.75 Å². The fourth-order valence-electron chi connectivity index (χ4n) is 5.95. The topological polar surface area (TPSA) is 92.2 Å². The molecule has 3 N–H and O–H groups in total. The molecule has 1 aliphatic carbocycles. The molecule has 7 nitrogen and oxygen atoms in total. The van der Waals surface area contributed by atoms with E-state index in [0.29, 0.717) is 34.8 Å². The van der Waals surface area contributed by atoms with Crippen molar-refractivity contribution in [2.75, 3.05) is 12.4 Å². The molecule has 5 aromatic rings. The number of benzene rings is 3. The monoisotopic (exact) mass is 563 g/mol. The van der Waals surface area contributed by atoms with Crippen molar-refractivity contribution in [3.8, 4) is 28.0 Å². The van der Waals surface area contributed by atoms with Gasteiger partial charge in [-0.2, -0.15) is 0 Å². The van der Waals surface area contributed by atoms with Crippen LogP contribution in [0, 0.1) is 19.7 Å². The van der Waals surface area contributed by atoms with Gasteiger partial charge in [-0.3, -0.25) is 4.98 Å². The second-order valence-electron chi connectivity index (χ2n) is 10.8. The quantitative estimate of drug-likeness (QED) is 0.190. The number of ether oxygens (including phenoxy) is 1. The number of anilines is 2. The molecule has 214 valence electrons. The van der Waals surface area contributed by atoms with Gasteiger partial charge in [-0.05, 0) is 90.8 Å². The Kier molecular flexibility index (Phi) is 7.82. The molecular formula is C34H34FN5O2. The van der Waals surface area contributed by atoms with Crippen LogP contribution in [0.25, 0.3) is 33.3 Å². The van der Waals surface area contributed by atoms with Gasteiger partial charge in [-0.15, -0.1) is 0 Å². The van der Waals surface area contributed by atoms with E-state index in [9.17, 15) is 5.11 Å². The summed E-state index contributed by atoms with van der Waals surface area (Å²) >= 11 is 0. The van der Waals surface area contributed by atoms with E-state index in [0.717, 1.165) is 58.3 Å². The van der Waals surface area contributed by atoms with Gasteiger partial charge in [-0.25, -0.2) is 14.4 Å². The smallest absolute Gasteiger partial charge is 0.158 e. The molecule has 1 fully saturated rings. The van der Waals surface area contributed by atoms with Gasteiger partial charge in [0.25, 0.3) is 0 Å². The number of rotatable bonds is 8. The number of halogens is 1. The highest BCUT2D eigenvalue weighted by molar-refractivity contribution is 5.88. The summed E-state index contributed by atoms with van der Waals surface area (Å²) in [6.07, 6.45) is 7.28. The average Bonchev–Trinajstić information content (AvgIpc) is 3.43. The van der Waals surface area contributed by atoms with Crippen molar-refractivity contribution >= 4 is 22.5 Å². The lowest BCUT2D eigenvalue weighted by Crippen LogP contribution is -2.35. The van der Waals surface area contributed by atoms with Crippen molar-refractivity contribution in [3.63, 3.8) is 0 Å². The molecule has 0 saturated heterocycles. The summed E-state index contributed by atoms with van der Waals surface area (Å²) in [7, 11) is 1.57. The Balaban J connectivity index is 1.32. The van der Waals surface area contributed by atoms with E-state index in [1.165, 1.54) is 0 Å². The van der Waals surface area contributed by atoms with E-state index in [1.54, 1.807) is 25.7 Å². The molecule has 0 spiro atoms. The van der Waals surface area contributed by atoms with Crippen molar-refractivity contribution < 1.29 is 14.2 Å². The van der Waals surface area contributed by atoms with Crippen LogP contribution in [-0.2, 0) is 6.54 Å². The first-order chi connectivity index (χ1) is 20.4. The van der Waals surface area contributed by atoms with E-state index in [4.69, 9.17) is 4.74 Å². The number of nitrogens with one attached hydrogen (secondary N) is 2. The third-order valence-corrected chi connectivity index (χ3v) is 8.26. The highest BCUT2D eigenvalue weighted by Crippen LogP contribution is 2.39. The molecule has 2 heterocycles. The van der Waals surface area contributed by atoms with Crippen LogP contribution in [0.1, 0.15) is 36.0 Å². The number of pyridine rings is 1. The molecule has 6 rings (SSSR count). The van der Waals surface area contributed by atoms with Crippen LogP contribution in [0.3, 0.4) is 0 Å². The standard InChI is InChI=1S/C34H34FN5O2/c1-20-24(22-7-4-8-23(17-22)40-34-33-29(13-14-38-34)36-15-16-37-33)9-5-10-25(20)26-18-31(42-3)27(32(35)21(26)2)19-39-28-11-6-12-30(28)41/h4-5,7-10,13-18,28,30,39,41H,6,11-12,19H2,1-3H3,(H,38,40)/t28-,30+/m1/s1.